The van der Waals surface area contributed by atoms with Crippen LogP contribution in [0.25, 0.3) is 0 Å². The maximum Gasteiger partial charge on any atom is 0.326 e. The van der Waals surface area contributed by atoms with E-state index >= 15 is 0 Å². The van der Waals surface area contributed by atoms with Crippen LogP contribution in [0.5, 0.6) is 0 Å². The van der Waals surface area contributed by atoms with E-state index in [0.717, 1.165) is 0 Å². The lowest BCUT2D eigenvalue weighted by molar-refractivity contribution is -0.150. The van der Waals surface area contributed by atoms with Gasteiger partial charge in [-0.2, -0.15) is 0 Å². The molecular weight excluding hydrogens is 434 g/mol. The number of nitrogens with zero attached hydrogens (tertiary/aromatic N) is 2. The summed E-state index contributed by atoms with van der Waals surface area (Å²) >= 11 is 0. The number of carbonyl (C=O) groups excluding carboxylic acids is 3. The normalized spacial score (nSPS) is 19.2. The van der Waals surface area contributed by atoms with Crippen LogP contribution >= 0.6 is 0 Å². The number of aliphatic imine (C=N–C) groups is 1. The van der Waals surface area contributed by atoms with Crippen molar-refractivity contribution in [1.29, 1.82) is 0 Å². The minimum atomic E-state index is -1.22. The summed E-state index contributed by atoms with van der Waals surface area (Å²) in [5.74, 6) is -3.30. The molecule has 1 aliphatic heterocycles. The van der Waals surface area contributed by atoms with Crippen molar-refractivity contribution < 1.29 is 29.4 Å². The molecule has 5 atom stereocenters. The first-order valence-electron chi connectivity index (χ1n) is 11.1. The highest BCUT2D eigenvalue weighted by atomic mass is 16.4. The number of nitrogens with two attached hydrogens (primary N) is 3. The van der Waals surface area contributed by atoms with Crippen molar-refractivity contribution >= 4 is 29.7 Å². The topological polar surface area (TPSA) is 226 Å². The van der Waals surface area contributed by atoms with Crippen LogP contribution in [0, 0.1) is 5.92 Å². The third-order valence-electron chi connectivity index (χ3n) is 5.71. The molecule has 0 bridgehead atoms. The summed E-state index contributed by atoms with van der Waals surface area (Å²) in [5.41, 5.74) is 16.1. The lowest BCUT2D eigenvalue weighted by atomic mass is 9.96. The highest BCUT2D eigenvalue weighted by Crippen LogP contribution is 2.21. The van der Waals surface area contributed by atoms with Crippen molar-refractivity contribution in [2.45, 2.75) is 70.1 Å². The Morgan fingerprint density at radius 2 is 1.85 bits per heavy atom. The molecule has 0 aromatic rings. The van der Waals surface area contributed by atoms with Crippen molar-refractivity contribution in [2.24, 2.45) is 28.1 Å². The predicted octanol–water partition coefficient (Wildman–Crippen LogP) is -2.55. The van der Waals surface area contributed by atoms with Gasteiger partial charge in [-0.1, -0.05) is 20.3 Å². The largest absolute Gasteiger partial charge is 0.480 e. The molecule has 0 aromatic carbocycles. The number of carboxylic acids is 1. The number of amides is 3. The van der Waals surface area contributed by atoms with E-state index in [1.165, 1.54) is 4.90 Å². The number of likely N-dealkylation sites (tertiary alicyclic amines) is 1. The monoisotopic (exact) mass is 471 g/mol. The molecule has 0 radical (unpaired) electrons. The number of aliphatic carboxylic acids is 1. The van der Waals surface area contributed by atoms with Crippen molar-refractivity contribution in [2.75, 3.05) is 19.7 Å². The molecule has 1 fully saturated rings. The second kappa shape index (κ2) is 13.6. The molecule has 0 saturated carbocycles. The highest BCUT2D eigenvalue weighted by Gasteiger charge is 2.39. The van der Waals surface area contributed by atoms with Gasteiger partial charge in [0, 0.05) is 13.1 Å². The second-order valence-corrected chi connectivity index (χ2v) is 8.20. The summed E-state index contributed by atoms with van der Waals surface area (Å²) in [5, 5.41) is 23.7. The average molecular weight is 472 g/mol. The minimum absolute atomic E-state index is 0.108. The quantitative estimate of drug-likeness (QED) is 0.0850. The number of aliphatic hydroxyl groups excluding tert-OH is 1. The maximum atomic E-state index is 13.2. The number of carboxylic acid groups (broad SMARTS) is 1. The molecular formula is C20H37N7O6. The van der Waals surface area contributed by atoms with Gasteiger partial charge in [-0.05, 0) is 31.6 Å². The number of guanidine groups is 1. The Balaban J connectivity index is 3.02. The SMILES string of the molecule is CCC(C)C(NC(=O)C(CCCN=C(N)N)NC(=O)C(N)CO)C(=O)N1CCCC1C(=O)O. The molecule has 188 valence electrons. The number of hydrogen-bond acceptors (Lipinski definition) is 7. The highest BCUT2D eigenvalue weighted by molar-refractivity contribution is 5.94. The second-order valence-electron chi connectivity index (χ2n) is 8.20. The van der Waals surface area contributed by atoms with E-state index in [1.54, 1.807) is 6.92 Å². The summed E-state index contributed by atoms with van der Waals surface area (Å²) in [6.45, 7) is 3.54. The van der Waals surface area contributed by atoms with Crippen LogP contribution in [0.1, 0.15) is 46.0 Å². The smallest absolute Gasteiger partial charge is 0.326 e. The molecule has 3 amide bonds. The lowest BCUT2D eigenvalue weighted by Crippen LogP contribution is -2.59. The Kier molecular flexibility index (Phi) is 11.6. The Morgan fingerprint density at radius 1 is 1.18 bits per heavy atom. The van der Waals surface area contributed by atoms with E-state index in [2.05, 4.69) is 15.6 Å². The van der Waals surface area contributed by atoms with E-state index in [-0.39, 0.29) is 24.8 Å². The number of aliphatic hydroxyl groups is 1. The van der Waals surface area contributed by atoms with Crippen LogP contribution in [-0.2, 0) is 19.2 Å². The molecule has 1 rings (SSSR count). The summed E-state index contributed by atoms with van der Waals surface area (Å²) in [6.07, 6.45) is 1.96. The minimum Gasteiger partial charge on any atom is -0.480 e. The summed E-state index contributed by atoms with van der Waals surface area (Å²) in [4.78, 5) is 55.1. The molecule has 10 N–H and O–H groups in total. The first-order valence-corrected chi connectivity index (χ1v) is 11.1. The van der Waals surface area contributed by atoms with Crippen molar-refractivity contribution in [1.82, 2.24) is 15.5 Å². The fraction of sp³-hybridized carbons (Fsp3) is 0.750. The van der Waals surface area contributed by atoms with Gasteiger partial charge in [0.15, 0.2) is 5.96 Å². The Morgan fingerprint density at radius 3 is 2.39 bits per heavy atom. The van der Waals surface area contributed by atoms with Crippen LogP contribution in [-0.4, -0.2) is 88.6 Å². The molecule has 1 saturated heterocycles. The average Bonchev–Trinajstić information content (AvgIpc) is 3.27. The maximum absolute atomic E-state index is 13.2. The zero-order chi connectivity index (χ0) is 25.1. The van der Waals surface area contributed by atoms with Crippen LogP contribution < -0.4 is 27.8 Å². The molecule has 5 unspecified atom stereocenters. The van der Waals surface area contributed by atoms with Crippen LogP contribution in [0.4, 0.5) is 0 Å². The molecule has 0 spiro atoms. The number of nitrogens with one attached hydrogen (secondary N) is 2. The van der Waals surface area contributed by atoms with Gasteiger partial charge in [-0.25, -0.2) is 4.79 Å². The van der Waals surface area contributed by atoms with Crippen molar-refractivity contribution in [3.63, 3.8) is 0 Å². The fourth-order valence-corrected chi connectivity index (χ4v) is 3.54. The Labute approximate surface area is 193 Å². The fourth-order valence-electron chi connectivity index (χ4n) is 3.54. The van der Waals surface area contributed by atoms with Gasteiger partial charge in [-0.15, -0.1) is 0 Å². The number of carbonyl (C=O) groups is 4. The zero-order valence-corrected chi connectivity index (χ0v) is 19.2. The lowest BCUT2D eigenvalue weighted by Gasteiger charge is -2.31. The molecule has 0 aliphatic carbocycles. The van der Waals surface area contributed by atoms with Crippen molar-refractivity contribution in [3.05, 3.63) is 0 Å². The number of hydrogen-bond donors (Lipinski definition) is 7. The zero-order valence-electron chi connectivity index (χ0n) is 19.2. The third-order valence-corrected chi connectivity index (χ3v) is 5.71. The van der Waals surface area contributed by atoms with E-state index in [1.807, 2.05) is 6.92 Å². The van der Waals surface area contributed by atoms with Gasteiger partial charge in [-0.3, -0.25) is 19.4 Å². The first-order chi connectivity index (χ1) is 15.5. The Bertz CT molecular complexity index is 728. The van der Waals surface area contributed by atoms with Gasteiger partial charge in [0.25, 0.3) is 0 Å². The summed E-state index contributed by atoms with van der Waals surface area (Å²) in [6, 6.07) is -4.17. The van der Waals surface area contributed by atoms with E-state index < -0.39 is 54.5 Å². The molecule has 13 nitrogen and oxygen atoms in total. The van der Waals surface area contributed by atoms with Gasteiger partial charge in [0.1, 0.15) is 24.2 Å². The predicted molar refractivity (Wildman–Crippen MR) is 121 cm³/mol. The molecule has 1 heterocycles. The molecule has 1 aliphatic rings. The van der Waals surface area contributed by atoms with E-state index in [4.69, 9.17) is 22.3 Å². The molecule has 33 heavy (non-hydrogen) atoms. The molecule has 0 aromatic heterocycles. The summed E-state index contributed by atoms with van der Waals surface area (Å²) in [7, 11) is 0. The van der Waals surface area contributed by atoms with Crippen LogP contribution in [0.3, 0.4) is 0 Å². The molecule has 13 heteroatoms. The summed E-state index contributed by atoms with van der Waals surface area (Å²) < 4.78 is 0. The van der Waals surface area contributed by atoms with E-state index in [9.17, 15) is 24.3 Å². The van der Waals surface area contributed by atoms with Gasteiger partial charge < -0.3 is 42.9 Å². The standard InChI is InChI=1S/C20H37N7O6/c1-3-11(2)15(18(31)27-9-5-7-14(27)19(32)33)26-17(30)13(6-4-8-24-20(22)23)25-16(29)12(21)10-28/h11-15,28H,3-10,21H2,1-2H3,(H,25,29)(H,26,30)(H,32,33)(H4,22,23,24). The van der Waals surface area contributed by atoms with Gasteiger partial charge in [0.2, 0.25) is 17.7 Å². The first kappa shape index (κ1) is 28.1. The third kappa shape index (κ3) is 8.50. The van der Waals surface area contributed by atoms with Gasteiger partial charge in [0.05, 0.1) is 6.61 Å². The van der Waals surface area contributed by atoms with Crippen molar-refractivity contribution in [3.8, 4) is 0 Å². The Hall–Kier alpha value is -2.93. The van der Waals surface area contributed by atoms with E-state index in [0.29, 0.717) is 32.2 Å². The van der Waals surface area contributed by atoms with Crippen LogP contribution in [0.2, 0.25) is 0 Å². The number of rotatable bonds is 13. The van der Waals surface area contributed by atoms with Crippen LogP contribution in [0.15, 0.2) is 4.99 Å². The van der Waals surface area contributed by atoms with Gasteiger partial charge >= 0.3 is 5.97 Å².